The summed E-state index contributed by atoms with van der Waals surface area (Å²) in [7, 11) is 1.68. The molecule has 2 aliphatic rings. The number of hydrogen-bond donors (Lipinski definition) is 0. The molecule has 0 aromatic heterocycles. The van der Waals surface area contributed by atoms with Crippen LogP contribution in [0.1, 0.15) is 18.9 Å². The summed E-state index contributed by atoms with van der Waals surface area (Å²) >= 11 is 0. The van der Waals surface area contributed by atoms with Gasteiger partial charge in [-0.3, -0.25) is 4.99 Å². The molecule has 0 bridgehead atoms. The first kappa shape index (κ1) is 9.46. The number of rotatable bonds is 1. The third kappa shape index (κ3) is 1.24. The largest absolute Gasteiger partial charge is 0.497 e. The van der Waals surface area contributed by atoms with E-state index in [0.29, 0.717) is 0 Å². The van der Waals surface area contributed by atoms with Crippen LogP contribution < -0.4 is 10.1 Å². The average Bonchev–Trinajstić information content (AvgIpc) is 2.68. The van der Waals surface area contributed by atoms with Crippen molar-refractivity contribution in [3.63, 3.8) is 0 Å². The maximum atomic E-state index is 5.21. The molecule has 16 heavy (non-hydrogen) atoms. The molecule has 0 unspecified atom stereocenters. The summed E-state index contributed by atoms with van der Waals surface area (Å²) in [5.74, 6) is 0.858. The summed E-state index contributed by atoms with van der Waals surface area (Å²) in [6.45, 7) is 2.91. The van der Waals surface area contributed by atoms with Crippen LogP contribution in [0.4, 0.5) is 5.69 Å². The van der Waals surface area contributed by atoms with Crippen molar-refractivity contribution in [3.8, 4) is 5.75 Å². The Morgan fingerprint density at radius 2 is 2.19 bits per heavy atom. The number of benzene rings is 1. The zero-order valence-electron chi connectivity index (χ0n) is 9.45. The standard InChI is InChI=1S/C13H13N2O/c1-8-13-11(5-6-14-8)10-4-3-9(16-2)7-12(10)15-13/h3-4,7H,5-6H2,1-2H3. The molecule has 0 amide bonds. The molecule has 3 rings (SSSR count). The van der Waals surface area contributed by atoms with Crippen molar-refractivity contribution in [2.45, 2.75) is 13.3 Å². The number of methoxy groups -OCH3 is 1. The number of fused-ring (bicyclic) bond motifs is 2. The van der Waals surface area contributed by atoms with E-state index in [9.17, 15) is 0 Å². The van der Waals surface area contributed by atoms with Gasteiger partial charge in [-0.25, -0.2) is 5.32 Å². The first-order valence-corrected chi connectivity index (χ1v) is 5.44. The van der Waals surface area contributed by atoms with Crippen LogP contribution >= 0.6 is 0 Å². The summed E-state index contributed by atoms with van der Waals surface area (Å²) in [6, 6.07) is 6.07. The monoisotopic (exact) mass is 213 g/mol. The van der Waals surface area contributed by atoms with Crippen LogP contribution in [0.5, 0.6) is 5.75 Å². The molecule has 0 saturated heterocycles. The minimum absolute atomic E-state index is 0.858. The minimum Gasteiger partial charge on any atom is -0.497 e. The molecule has 0 N–H and O–H groups in total. The number of allylic oxidation sites excluding steroid dienone is 1. The molecule has 0 aliphatic carbocycles. The van der Waals surface area contributed by atoms with Crippen molar-refractivity contribution >= 4 is 17.0 Å². The number of nitrogens with zero attached hydrogens (tertiary/aromatic N) is 2. The van der Waals surface area contributed by atoms with Gasteiger partial charge in [-0.2, -0.15) is 0 Å². The second-order valence-corrected chi connectivity index (χ2v) is 4.04. The van der Waals surface area contributed by atoms with Gasteiger partial charge in [0.15, 0.2) is 0 Å². The topological polar surface area (TPSA) is 35.7 Å². The second-order valence-electron chi connectivity index (χ2n) is 4.04. The summed E-state index contributed by atoms with van der Waals surface area (Å²) in [4.78, 5) is 4.43. The predicted molar refractivity (Wildman–Crippen MR) is 64.3 cm³/mol. The summed E-state index contributed by atoms with van der Waals surface area (Å²) < 4.78 is 5.21. The fourth-order valence-corrected chi connectivity index (χ4v) is 2.26. The number of ether oxygens (including phenoxy) is 1. The zero-order chi connectivity index (χ0) is 11.1. The van der Waals surface area contributed by atoms with Crippen LogP contribution in [-0.4, -0.2) is 19.4 Å². The molecular weight excluding hydrogens is 200 g/mol. The third-order valence-corrected chi connectivity index (χ3v) is 3.10. The van der Waals surface area contributed by atoms with Gasteiger partial charge in [0.25, 0.3) is 0 Å². The van der Waals surface area contributed by atoms with Crippen molar-refractivity contribution in [1.29, 1.82) is 0 Å². The molecule has 1 aromatic carbocycles. The Bertz CT molecular complexity index is 515. The van der Waals surface area contributed by atoms with Gasteiger partial charge in [0.05, 0.1) is 24.2 Å². The Kier molecular flexibility index (Phi) is 1.99. The van der Waals surface area contributed by atoms with Gasteiger partial charge in [0.1, 0.15) is 5.75 Å². The Hall–Kier alpha value is -1.77. The van der Waals surface area contributed by atoms with Crippen LogP contribution in [0.15, 0.2) is 28.9 Å². The number of hydrogen-bond acceptors (Lipinski definition) is 2. The molecule has 3 nitrogen and oxygen atoms in total. The van der Waals surface area contributed by atoms with Crippen LogP contribution in [0.2, 0.25) is 0 Å². The Labute approximate surface area is 94.8 Å². The first-order chi connectivity index (χ1) is 7.79. The highest BCUT2D eigenvalue weighted by Crippen LogP contribution is 2.40. The van der Waals surface area contributed by atoms with Gasteiger partial charge < -0.3 is 4.74 Å². The van der Waals surface area contributed by atoms with E-state index >= 15 is 0 Å². The SMILES string of the molecule is COc1ccc2c(c1)[N]C1=C2CCN=C1C. The van der Waals surface area contributed by atoms with Crippen molar-refractivity contribution in [1.82, 2.24) is 5.32 Å². The Balaban J connectivity index is 2.08. The Morgan fingerprint density at radius 3 is 3.00 bits per heavy atom. The lowest BCUT2D eigenvalue weighted by molar-refractivity contribution is 0.415. The molecular formula is C13H13N2O. The molecule has 0 spiro atoms. The van der Waals surface area contributed by atoms with Crippen LogP contribution in [-0.2, 0) is 0 Å². The van der Waals surface area contributed by atoms with E-state index in [-0.39, 0.29) is 0 Å². The summed E-state index contributed by atoms with van der Waals surface area (Å²) in [5.41, 5.74) is 5.71. The molecule has 81 valence electrons. The zero-order valence-corrected chi connectivity index (χ0v) is 9.45. The summed E-state index contributed by atoms with van der Waals surface area (Å²) in [6.07, 6.45) is 0.996. The van der Waals surface area contributed by atoms with Gasteiger partial charge in [-0.05, 0) is 31.1 Å². The molecule has 2 heterocycles. The Morgan fingerprint density at radius 1 is 1.31 bits per heavy atom. The molecule has 3 heteroatoms. The molecule has 0 saturated carbocycles. The van der Waals surface area contributed by atoms with Crippen molar-refractivity contribution in [3.05, 3.63) is 29.5 Å². The highest BCUT2D eigenvalue weighted by molar-refractivity contribution is 6.09. The van der Waals surface area contributed by atoms with E-state index in [2.05, 4.69) is 16.4 Å². The number of dihydropyridines is 1. The lowest BCUT2D eigenvalue weighted by Crippen LogP contribution is -2.10. The summed E-state index contributed by atoms with van der Waals surface area (Å²) in [5, 5.41) is 4.63. The lowest BCUT2D eigenvalue weighted by Gasteiger charge is -2.10. The molecule has 0 fully saturated rings. The number of aliphatic imine (C=N–C) groups is 1. The maximum Gasteiger partial charge on any atom is 0.121 e. The smallest absolute Gasteiger partial charge is 0.121 e. The second kappa shape index (κ2) is 3.37. The van der Waals surface area contributed by atoms with E-state index < -0.39 is 0 Å². The van der Waals surface area contributed by atoms with Gasteiger partial charge in [0.2, 0.25) is 0 Å². The molecule has 1 aromatic rings. The van der Waals surface area contributed by atoms with E-state index in [1.807, 2.05) is 19.1 Å². The fraction of sp³-hybridized carbons (Fsp3) is 0.308. The highest BCUT2D eigenvalue weighted by Gasteiger charge is 2.26. The minimum atomic E-state index is 0.858. The average molecular weight is 213 g/mol. The lowest BCUT2D eigenvalue weighted by atomic mass is 9.99. The van der Waals surface area contributed by atoms with E-state index in [1.54, 1.807) is 7.11 Å². The van der Waals surface area contributed by atoms with Gasteiger partial charge in [0, 0.05) is 18.2 Å². The van der Waals surface area contributed by atoms with E-state index in [0.717, 1.165) is 35.8 Å². The quantitative estimate of drug-likeness (QED) is 0.706. The highest BCUT2D eigenvalue weighted by atomic mass is 16.5. The molecule has 1 radical (unpaired) electrons. The molecule has 2 aliphatic heterocycles. The van der Waals surface area contributed by atoms with Crippen molar-refractivity contribution in [2.75, 3.05) is 13.7 Å². The molecule has 0 atom stereocenters. The fourth-order valence-electron chi connectivity index (χ4n) is 2.26. The van der Waals surface area contributed by atoms with Crippen LogP contribution in [0, 0.1) is 0 Å². The van der Waals surface area contributed by atoms with Crippen LogP contribution in [0.3, 0.4) is 0 Å². The van der Waals surface area contributed by atoms with E-state index in [4.69, 9.17) is 4.74 Å². The van der Waals surface area contributed by atoms with E-state index in [1.165, 1.54) is 11.1 Å². The van der Waals surface area contributed by atoms with Crippen LogP contribution in [0.25, 0.3) is 5.57 Å². The third-order valence-electron chi connectivity index (χ3n) is 3.10. The maximum absolute atomic E-state index is 5.21. The van der Waals surface area contributed by atoms with Gasteiger partial charge in [-0.15, -0.1) is 0 Å². The van der Waals surface area contributed by atoms with Gasteiger partial charge >= 0.3 is 0 Å². The van der Waals surface area contributed by atoms with Crippen molar-refractivity contribution < 1.29 is 4.74 Å². The normalized spacial score (nSPS) is 17.5. The van der Waals surface area contributed by atoms with Gasteiger partial charge in [-0.1, -0.05) is 0 Å². The van der Waals surface area contributed by atoms with Crippen molar-refractivity contribution in [2.24, 2.45) is 4.99 Å². The first-order valence-electron chi connectivity index (χ1n) is 5.44. The predicted octanol–water partition coefficient (Wildman–Crippen LogP) is 2.52.